The summed E-state index contributed by atoms with van der Waals surface area (Å²) in [6, 6.07) is 12.9. The van der Waals surface area contributed by atoms with E-state index in [0.29, 0.717) is 11.4 Å². The quantitative estimate of drug-likeness (QED) is 0.832. The Morgan fingerprint density at radius 3 is 2.18 bits per heavy atom. The van der Waals surface area contributed by atoms with Gasteiger partial charge in [-0.15, -0.1) is 0 Å². The lowest BCUT2D eigenvalue weighted by molar-refractivity contribution is -0.123. The first-order chi connectivity index (χ1) is 10.6. The van der Waals surface area contributed by atoms with E-state index in [9.17, 15) is 14.0 Å². The van der Waals surface area contributed by atoms with E-state index in [1.807, 2.05) is 19.1 Å². The van der Waals surface area contributed by atoms with Crippen molar-refractivity contribution in [3.8, 4) is 0 Å². The third-order valence-electron chi connectivity index (χ3n) is 3.08. The van der Waals surface area contributed by atoms with Crippen LogP contribution in [0, 0.1) is 5.82 Å². The van der Waals surface area contributed by atoms with Gasteiger partial charge in [0.2, 0.25) is 11.8 Å². The number of amides is 2. The first kappa shape index (κ1) is 15.7. The minimum Gasteiger partial charge on any atom is -0.326 e. The summed E-state index contributed by atoms with van der Waals surface area (Å²) in [5, 5.41) is 5.13. The van der Waals surface area contributed by atoms with Crippen LogP contribution in [0.25, 0.3) is 0 Å². The smallest absolute Gasteiger partial charge is 0.233 e. The lowest BCUT2D eigenvalue weighted by atomic mass is 10.1. The molecule has 0 aromatic heterocycles. The van der Waals surface area contributed by atoms with Gasteiger partial charge in [-0.2, -0.15) is 0 Å². The normalized spacial score (nSPS) is 10.1. The molecular weight excluding hydrogens is 283 g/mol. The second-order valence-corrected chi connectivity index (χ2v) is 4.83. The summed E-state index contributed by atoms with van der Waals surface area (Å²) in [5.74, 6) is -1.36. The molecule has 0 aliphatic carbocycles. The van der Waals surface area contributed by atoms with Crippen molar-refractivity contribution < 1.29 is 14.0 Å². The monoisotopic (exact) mass is 300 g/mol. The standard InChI is InChI=1S/C17H17FN2O2/c1-2-12-6-8-14(9-7-12)19-16(21)11-17(22)20-15-5-3-4-13(18)10-15/h3-10H,2,11H2,1H3,(H,19,21)(H,20,22). The van der Waals surface area contributed by atoms with Crippen molar-refractivity contribution in [3.63, 3.8) is 0 Å². The maximum atomic E-state index is 13.0. The van der Waals surface area contributed by atoms with Crippen LogP contribution in [0.2, 0.25) is 0 Å². The van der Waals surface area contributed by atoms with Crippen LogP contribution in [0.15, 0.2) is 48.5 Å². The highest BCUT2D eigenvalue weighted by atomic mass is 19.1. The third-order valence-corrected chi connectivity index (χ3v) is 3.08. The zero-order valence-electron chi connectivity index (χ0n) is 12.2. The Morgan fingerprint density at radius 2 is 1.59 bits per heavy atom. The van der Waals surface area contributed by atoms with Crippen LogP contribution in [0.1, 0.15) is 18.9 Å². The highest BCUT2D eigenvalue weighted by Gasteiger charge is 2.10. The molecule has 0 aliphatic heterocycles. The summed E-state index contributed by atoms with van der Waals surface area (Å²) < 4.78 is 13.0. The molecule has 22 heavy (non-hydrogen) atoms. The van der Waals surface area contributed by atoms with Crippen LogP contribution >= 0.6 is 0 Å². The molecule has 5 heteroatoms. The van der Waals surface area contributed by atoms with Gasteiger partial charge in [-0.25, -0.2) is 4.39 Å². The van der Waals surface area contributed by atoms with Gasteiger partial charge in [0.1, 0.15) is 12.2 Å². The molecule has 4 nitrogen and oxygen atoms in total. The second-order valence-electron chi connectivity index (χ2n) is 4.83. The molecule has 2 aromatic carbocycles. The van der Waals surface area contributed by atoms with Gasteiger partial charge >= 0.3 is 0 Å². The van der Waals surface area contributed by atoms with Gasteiger partial charge in [0.25, 0.3) is 0 Å². The zero-order chi connectivity index (χ0) is 15.9. The van der Waals surface area contributed by atoms with Gasteiger partial charge < -0.3 is 10.6 Å². The van der Waals surface area contributed by atoms with E-state index in [-0.39, 0.29) is 6.42 Å². The van der Waals surface area contributed by atoms with Crippen molar-refractivity contribution in [2.24, 2.45) is 0 Å². The topological polar surface area (TPSA) is 58.2 Å². The number of hydrogen-bond acceptors (Lipinski definition) is 2. The van der Waals surface area contributed by atoms with Crippen molar-refractivity contribution in [2.75, 3.05) is 10.6 Å². The van der Waals surface area contributed by atoms with Crippen molar-refractivity contribution in [1.29, 1.82) is 0 Å². The van der Waals surface area contributed by atoms with Crippen LogP contribution in [0.4, 0.5) is 15.8 Å². The Balaban J connectivity index is 1.86. The molecule has 0 radical (unpaired) electrons. The molecule has 0 saturated carbocycles. The summed E-state index contributed by atoms with van der Waals surface area (Å²) in [5.41, 5.74) is 2.13. The van der Waals surface area contributed by atoms with Gasteiger partial charge in [-0.05, 0) is 42.3 Å². The number of benzene rings is 2. The van der Waals surface area contributed by atoms with Gasteiger partial charge in [0, 0.05) is 11.4 Å². The van der Waals surface area contributed by atoms with E-state index < -0.39 is 17.6 Å². The SMILES string of the molecule is CCc1ccc(NC(=O)CC(=O)Nc2cccc(F)c2)cc1. The van der Waals surface area contributed by atoms with Crippen molar-refractivity contribution in [1.82, 2.24) is 0 Å². The fourth-order valence-corrected chi connectivity index (χ4v) is 1.95. The van der Waals surface area contributed by atoms with Gasteiger partial charge in [0.05, 0.1) is 0 Å². The predicted octanol–water partition coefficient (Wildman–Crippen LogP) is 3.36. The molecule has 0 fully saturated rings. The minimum absolute atomic E-state index is 0.324. The van der Waals surface area contributed by atoms with E-state index in [4.69, 9.17) is 0 Å². The summed E-state index contributed by atoms with van der Waals surface area (Å²) in [7, 11) is 0. The Labute approximate surface area is 128 Å². The number of halogens is 1. The average Bonchev–Trinajstić information content (AvgIpc) is 2.47. The molecule has 2 amide bonds. The Hall–Kier alpha value is -2.69. The van der Waals surface area contributed by atoms with Gasteiger partial charge in [0.15, 0.2) is 0 Å². The van der Waals surface area contributed by atoms with Crippen molar-refractivity contribution in [2.45, 2.75) is 19.8 Å². The van der Waals surface area contributed by atoms with Crippen LogP contribution in [-0.4, -0.2) is 11.8 Å². The second kappa shape index (κ2) is 7.36. The highest BCUT2D eigenvalue weighted by molar-refractivity contribution is 6.08. The summed E-state index contributed by atoms with van der Waals surface area (Å²) in [6.45, 7) is 2.05. The lowest BCUT2D eigenvalue weighted by Gasteiger charge is -2.07. The maximum absolute atomic E-state index is 13.0. The molecule has 0 spiro atoms. The minimum atomic E-state index is -0.492. The number of carbonyl (C=O) groups excluding carboxylic acids is 2. The highest BCUT2D eigenvalue weighted by Crippen LogP contribution is 2.11. The Kier molecular flexibility index (Phi) is 5.25. The average molecular weight is 300 g/mol. The van der Waals surface area contributed by atoms with Crippen molar-refractivity contribution in [3.05, 3.63) is 59.9 Å². The zero-order valence-corrected chi connectivity index (χ0v) is 12.2. The lowest BCUT2D eigenvalue weighted by Crippen LogP contribution is -2.21. The van der Waals surface area contributed by atoms with Gasteiger partial charge in [-0.3, -0.25) is 9.59 Å². The molecule has 2 N–H and O–H groups in total. The number of aryl methyl sites for hydroxylation is 1. The Bertz CT molecular complexity index is 669. The summed E-state index contributed by atoms with van der Waals surface area (Å²) in [6.07, 6.45) is 0.594. The molecule has 0 unspecified atom stereocenters. The largest absolute Gasteiger partial charge is 0.326 e. The molecule has 0 aliphatic rings. The number of anilines is 2. The molecule has 0 saturated heterocycles. The van der Waals surface area contributed by atoms with Crippen molar-refractivity contribution >= 4 is 23.2 Å². The first-order valence-electron chi connectivity index (χ1n) is 7.01. The van der Waals surface area contributed by atoms with E-state index in [0.717, 1.165) is 6.42 Å². The van der Waals surface area contributed by atoms with Crippen LogP contribution < -0.4 is 10.6 Å². The number of carbonyl (C=O) groups is 2. The van der Waals surface area contributed by atoms with E-state index in [2.05, 4.69) is 10.6 Å². The van der Waals surface area contributed by atoms with E-state index in [1.165, 1.54) is 23.8 Å². The number of nitrogens with one attached hydrogen (secondary N) is 2. The predicted molar refractivity (Wildman–Crippen MR) is 84.1 cm³/mol. The maximum Gasteiger partial charge on any atom is 0.233 e. The first-order valence-corrected chi connectivity index (χ1v) is 7.01. The third kappa shape index (κ3) is 4.70. The molecule has 0 bridgehead atoms. The molecule has 2 rings (SSSR count). The van der Waals surface area contributed by atoms with Crippen LogP contribution in [-0.2, 0) is 16.0 Å². The fraction of sp³-hybridized carbons (Fsp3) is 0.176. The number of rotatable bonds is 5. The molecule has 114 valence electrons. The molecule has 0 atom stereocenters. The van der Waals surface area contributed by atoms with Crippen LogP contribution in [0.5, 0.6) is 0 Å². The van der Waals surface area contributed by atoms with Crippen LogP contribution in [0.3, 0.4) is 0 Å². The van der Waals surface area contributed by atoms with E-state index >= 15 is 0 Å². The fourth-order valence-electron chi connectivity index (χ4n) is 1.95. The summed E-state index contributed by atoms with van der Waals surface area (Å²) in [4.78, 5) is 23.5. The number of hydrogen-bond donors (Lipinski definition) is 2. The van der Waals surface area contributed by atoms with Gasteiger partial charge in [-0.1, -0.05) is 25.1 Å². The summed E-state index contributed by atoms with van der Waals surface area (Å²) >= 11 is 0. The van der Waals surface area contributed by atoms with E-state index in [1.54, 1.807) is 18.2 Å². The molecule has 2 aromatic rings. The Morgan fingerprint density at radius 1 is 0.955 bits per heavy atom. The molecular formula is C17H17FN2O2. The molecule has 0 heterocycles.